The molecule has 0 saturated heterocycles. The molecule has 1 aromatic carbocycles. The second-order valence-corrected chi connectivity index (χ2v) is 5.98. The van der Waals surface area contributed by atoms with Crippen LogP contribution in [0, 0.1) is 0 Å². The first kappa shape index (κ1) is 14.1. The van der Waals surface area contributed by atoms with Gasteiger partial charge < -0.3 is 10.6 Å². The Kier molecular flexibility index (Phi) is 3.75. The normalized spacial score (nSPS) is 11.1. The fourth-order valence-electron chi connectivity index (χ4n) is 1.62. The molecule has 0 radical (unpaired) electrons. The molecule has 0 spiro atoms. The third-order valence-corrected chi connectivity index (χ3v) is 3.91. The van der Waals surface area contributed by atoms with Gasteiger partial charge in [0.1, 0.15) is 4.90 Å². The van der Waals surface area contributed by atoms with Crippen LogP contribution in [-0.4, -0.2) is 32.5 Å². The summed E-state index contributed by atoms with van der Waals surface area (Å²) in [6, 6.07) is 7.09. The second kappa shape index (κ2) is 5.33. The minimum absolute atomic E-state index is 0.0256. The fourth-order valence-corrected chi connectivity index (χ4v) is 2.58. The molecule has 0 atom stereocenters. The van der Waals surface area contributed by atoms with Crippen LogP contribution in [0.5, 0.6) is 0 Å². The van der Waals surface area contributed by atoms with Crippen molar-refractivity contribution in [2.24, 2.45) is 0 Å². The maximum atomic E-state index is 12.2. The van der Waals surface area contributed by atoms with Crippen LogP contribution in [0.1, 0.15) is 0 Å². The van der Waals surface area contributed by atoms with Crippen LogP contribution >= 0.6 is 0 Å². The van der Waals surface area contributed by atoms with Crippen molar-refractivity contribution < 1.29 is 8.42 Å². The Hall–Kier alpha value is -2.35. The number of sulfonamides is 1. The van der Waals surface area contributed by atoms with Crippen molar-refractivity contribution in [2.75, 3.05) is 29.5 Å². The smallest absolute Gasteiger partial charge is 0.265 e. The van der Waals surface area contributed by atoms with Crippen LogP contribution in [0.15, 0.2) is 41.6 Å². The van der Waals surface area contributed by atoms with Crippen LogP contribution < -0.4 is 15.4 Å². The van der Waals surface area contributed by atoms with E-state index in [-0.39, 0.29) is 10.8 Å². The maximum absolute atomic E-state index is 12.2. The summed E-state index contributed by atoms with van der Waals surface area (Å²) in [5, 5.41) is 0. The van der Waals surface area contributed by atoms with E-state index in [9.17, 15) is 8.42 Å². The van der Waals surface area contributed by atoms with E-state index >= 15 is 0 Å². The highest BCUT2D eigenvalue weighted by Crippen LogP contribution is 2.25. The first-order chi connectivity index (χ1) is 9.40. The first-order valence-corrected chi connectivity index (χ1v) is 7.25. The predicted octanol–water partition coefficient (Wildman–Crippen LogP) is 0.926. The van der Waals surface area contributed by atoms with Crippen molar-refractivity contribution in [1.82, 2.24) is 9.97 Å². The molecule has 0 aliphatic carbocycles. The summed E-state index contributed by atoms with van der Waals surface area (Å²) in [6.45, 7) is 0. The highest BCUT2D eigenvalue weighted by molar-refractivity contribution is 7.92. The summed E-state index contributed by atoms with van der Waals surface area (Å²) in [5.41, 5.74) is 6.58. The molecule has 3 N–H and O–H groups in total. The topological polar surface area (TPSA) is 101 Å². The molecular formula is C12H15N5O2S. The summed E-state index contributed by atoms with van der Waals surface area (Å²) in [7, 11) is -0.0777. The lowest BCUT2D eigenvalue weighted by atomic mass is 10.2. The number of nitrogens with two attached hydrogens (primary N) is 1. The number of rotatable bonds is 4. The fraction of sp³-hybridized carbons (Fsp3) is 0.167. The lowest BCUT2D eigenvalue weighted by Crippen LogP contribution is -2.17. The van der Waals surface area contributed by atoms with E-state index in [1.165, 1.54) is 12.4 Å². The highest BCUT2D eigenvalue weighted by Gasteiger charge is 2.17. The lowest BCUT2D eigenvalue weighted by molar-refractivity contribution is 0.600. The monoisotopic (exact) mass is 293 g/mol. The third-order valence-electron chi connectivity index (χ3n) is 2.59. The number of nitrogens with zero attached hydrogens (tertiary/aromatic N) is 3. The zero-order chi connectivity index (χ0) is 14.8. The molecule has 20 heavy (non-hydrogen) atoms. The number of aromatic nitrogens is 2. The molecule has 0 fully saturated rings. The SMILES string of the molecule is CN(C)c1ccccc1NS(=O)(=O)c1cnc(N)nc1. The van der Waals surface area contributed by atoms with Gasteiger partial charge in [-0.3, -0.25) is 4.72 Å². The number of hydrogen-bond acceptors (Lipinski definition) is 6. The van der Waals surface area contributed by atoms with Crippen LogP contribution in [0.2, 0.25) is 0 Å². The van der Waals surface area contributed by atoms with E-state index in [1.807, 2.05) is 31.1 Å². The molecule has 0 unspecified atom stereocenters. The molecule has 0 amide bonds. The standard InChI is InChI=1S/C12H15N5O2S/c1-17(2)11-6-4-3-5-10(11)16-20(18,19)9-7-14-12(13)15-8-9/h3-8,16H,1-2H3,(H2,13,14,15). The quantitative estimate of drug-likeness (QED) is 0.869. The maximum Gasteiger partial charge on any atom is 0.265 e. The molecular weight excluding hydrogens is 278 g/mol. The average molecular weight is 293 g/mol. The van der Waals surface area contributed by atoms with Gasteiger partial charge in [-0.25, -0.2) is 18.4 Å². The van der Waals surface area contributed by atoms with Gasteiger partial charge in [-0.05, 0) is 12.1 Å². The Labute approximate surface area is 117 Å². The Morgan fingerprint density at radius 2 is 1.75 bits per heavy atom. The van der Waals surface area contributed by atoms with E-state index in [2.05, 4.69) is 14.7 Å². The van der Waals surface area contributed by atoms with Crippen molar-refractivity contribution in [3.05, 3.63) is 36.7 Å². The van der Waals surface area contributed by atoms with Crippen molar-refractivity contribution in [3.8, 4) is 0 Å². The van der Waals surface area contributed by atoms with Gasteiger partial charge >= 0.3 is 0 Å². The van der Waals surface area contributed by atoms with Crippen LogP contribution in [-0.2, 0) is 10.0 Å². The van der Waals surface area contributed by atoms with Gasteiger partial charge in [-0.2, -0.15) is 0 Å². The molecule has 8 heteroatoms. The zero-order valence-electron chi connectivity index (χ0n) is 11.1. The van der Waals surface area contributed by atoms with Crippen LogP contribution in [0.3, 0.4) is 0 Å². The van der Waals surface area contributed by atoms with Gasteiger partial charge in [0.2, 0.25) is 5.95 Å². The summed E-state index contributed by atoms with van der Waals surface area (Å²) >= 11 is 0. The number of nitrogen functional groups attached to an aromatic ring is 1. The zero-order valence-corrected chi connectivity index (χ0v) is 11.9. The van der Waals surface area contributed by atoms with E-state index in [1.54, 1.807) is 12.1 Å². The molecule has 106 valence electrons. The van der Waals surface area contributed by atoms with Gasteiger partial charge in [-0.15, -0.1) is 0 Å². The number of nitrogens with one attached hydrogen (secondary N) is 1. The van der Waals surface area contributed by atoms with E-state index in [4.69, 9.17) is 5.73 Å². The van der Waals surface area contributed by atoms with Crippen LogP contribution in [0.25, 0.3) is 0 Å². The van der Waals surface area contributed by atoms with Crippen molar-refractivity contribution in [3.63, 3.8) is 0 Å². The van der Waals surface area contributed by atoms with Crippen LogP contribution in [0.4, 0.5) is 17.3 Å². The number of anilines is 3. The molecule has 1 heterocycles. The average Bonchev–Trinajstić information content (AvgIpc) is 2.39. The Morgan fingerprint density at radius 1 is 1.15 bits per heavy atom. The summed E-state index contributed by atoms with van der Waals surface area (Å²) in [4.78, 5) is 9.14. The number of para-hydroxylation sites is 2. The second-order valence-electron chi connectivity index (χ2n) is 4.29. The summed E-state index contributed by atoms with van der Waals surface area (Å²) < 4.78 is 27.0. The number of benzene rings is 1. The Balaban J connectivity index is 2.36. The molecule has 2 aromatic rings. The Bertz CT molecular complexity index is 698. The summed E-state index contributed by atoms with van der Waals surface area (Å²) in [6.07, 6.45) is 2.34. The molecule has 0 bridgehead atoms. The van der Waals surface area contributed by atoms with Gasteiger partial charge in [0.05, 0.1) is 23.8 Å². The van der Waals surface area contributed by atoms with E-state index in [0.29, 0.717) is 5.69 Å². The number of hydrogen-bond donors (Lipinski definition) is 2. The molecule has 7 nitrogen and oxygen atoms in total. The molecule has 2 rings (SSSR count). The Morgan fingerprint density at radius 3 is 2.35 bits per heavy atom. The third kappa shape index (κ3) is 2.97. The van der Waals surface area contributed by atoms with Gasteiger partial charge in [0.25, 0.3) is 10.0 Å². The lowest BCUT2D eigenvalue weighted by Gasteiger charge is -2.18. The minimum atomic E-state index is -3.74. The van der Waals surface area contributed by atoms with Gasteiger partial charge in [-0.1, -0.05) is 12.1 Å². The van der Waals surface area contributed by atoms with Gasteiger partial charge in [0, 0.05) is 14.1 Å². The molecule has 0 aliphatic heterocycles. The molecule has 0 saturated carbocycles. The predicted molar refractivity (Wildman–Crippen MR) is 78.0 cm³/mol. The van der Waals surface area contributed by atoms with E-state index in [0.717, 1.165) is 5.69 Å². The van der Waals surface area contributed by atoms with Crippen molar-refractivity contribution >= 4 is 27.3 Å². The first-order valence-electron chi connectivity index (χ1n) is 5.77. The van der Waals surface area contributed by atoms with Gasteiger partial charge in [0.15, 0.2) is 0 Å². The highest BCUT2D eigenvalue weighted by atomic mass is 32.2. The largest absolute Gasteiger partial charge is 0.376 e. The minimum Gasteiger partial charge on any atom is -0.376 e. The van der Waals surface area contributed by atoms with E-state index < -0.39 is 10.0 Å². The molecule has 0 aliphatic rings. The molecule has 1 aromatic heterocycles. The van der Waals surface area contributed by atoms with Crippen molar-refractivity contribution in [1.29, 1.82) is 0 Å². The van der Waals surface area contributed by atoms with Crippen molar-refractivity contribution in [2.45, 2.75) is 4.90 Å². The summed E-state index contributed by atoms with van der Waals surface area (Å²) in [5.74, 6) is 0.0256.